The highest BCUT2D eigenvalue weighted by Crippen LogP contribution is 2.26. The van der Waals surface area contributed by atoms with Crippen molar-refractivity contribution in [2.24, 2.45) is 20.9 Å². The number of dihydropyridines is 1. The van der Waals surface area contributed by atoms with Crippen molar-refractivity contribution in [3.8, 4) is 0 Å². The van der Waals surface area contributed by atoms with Gasteiger partial charge in [0.2, 0.25) is 5.84 Å². The molecule has 1 unspecified atom stereocenters. The molecule has 16 heavy (non-hydrogen) atoms. The van der Waals surface area contributed by atoms with Crippen LogP contribution >= 0.6 is 15.9 Å². The van der Waals surface area contributed by atoms with Crippen LogP contribution in [0, 0.1) is 5.92 Å². The molecule has 0 aromatic rings. The van der Waals surface area contributed by atoms with Gasteiger partial charge in [0.15, 0.2) is 0 Å². The van der Waals surface area contributed by atoms with Crippen LogP contribution in [-0.2, 0) is 4.79 Å². The van der Waals surface area contributed by atoms with Gasteiger partial charge < -0.3 is 0 Å². The number of nitrogens with zero attached hydrogens (tertiary/aromatic N) is 3. The fourth-order valence-corrected chi connectivity index (χ4v) is 1.57. The summed E-state index contributed by atoms with van der Waals surface area (Å²) in [4.78, 5) is 21.1. The van der Waals surface area contributed by atoms with Crippen molar-refractivity contribution in [1.29, 1.82) is 0 Å². The lowest BCUT2D eigenvalue weighted by Crippen LogP contribution is -2.33. The number of alkyl halides is 3. The molecular weight excluding hydrogens is 291 g/mol. The first-order valence-corrected chi connectivity index (χ1v) is 4.87. The largest absolute Gasteiger partial charge is 0.451 e. The third-order valence-electron chi connectivity index (χ3n) is 1.88. The van der Waals surface area contributed by atoms with E-state index >= 15 is 0 Å². The first-order valence-electron chi connectivity index (χ1n) is 4.07. The van der Waals surface area contributed by atoms with Gasteiger partial charge in [-0.25, -0.2) is 9.98 Å². The topological polar surface area (TPSA) is 54.1 Å². The van der Waals surface area contributed by atoms with E-state index in [0.29, 0.717) is 4.48 Å². The molecule has 0 aliphatic carbocycles. The third kappa shape index (κ3) is 1.97. The summed E-state index contributed by atoms with van der Waals surface area (Å²) in [6.07, 6.45) is -2.05. The van der Waals surface area contributed by atoms with E-state index in [1.165, 1.54) is 12.3 Å². The molecule has 2 rings (SSSR count). The molecule has 0 spiro atoms. The second-order valence-electron chi connectivity index (χ2n) is 3.03. The van der Waals surface area contributed by atoms with Gasteiger partial charge in [0, 0.05) is 10.7 Å². The molecule has 0 N–H and O–H groups in total. The number of hydrogen-bond donors (Lipinski definition) is 0. The highest BCUT2D eigenvalue weighted by atomic mass is 79.9. The first-order chi connectivity index (χ1) is 7.38. The summed E-state index contributed by atoms with van der Waals surface area (Å²) in [7, 11) is 0. The summed E-state index contributed by atoms with van der Waals surface area (Å²) in [5.74, 6) is -3.47. The Morgan fingerprint density at radius 1 is 1.31 bits per heavy atom. The maximum Gasteiger partial charge on any atom is 0.451 e. The van der Waals surface area contributed by atoms with Gasteiger partial charge in [0.1, 0.15) is 11.8 Å². The Hall–Kier alpha value is -1.31. The van der Waals surface area contributed by atoms with E-state index in [1.807, 2.05) is 0 Å². The van der Waals surface area contributed by atoms with Crippen LogP contribution in [0.3, 0.4) is 0 Å². The van der Waals surface area contributed by atoms with Gasteiger partial charge in [0.05, 0.1) is 0 Å². The fraction of sp³-hybridized carbons (Fsp3) is 0.250. The zero-order valence-corrected chi connectivity index (χ0v) is 9.08. The zero-order valence-electron chi connectivity index (χ0n) is 7.49. The maximum atomic E-state index is 12.3. The molecule has 1 amide bonds. The highest BCUT2D eigenvalue weighted by Gasteiger charge is 2.41. The molecule has 8 heteroatoms. The van der Waals surface area contributed by atoms with Crippen LogP contribution < -0.4 is 0 Å². The van der Waals surface area contributed by atoms with Crippen molar-refractivity contribution in [3.63, 3.8) is 0 Å². The number of amidine groups is 2. The lowest BCUT2D eigenvalue weighted by atomic mass is 10.0. The molecule has 2 aliphatic rings. The zero-order chi connectivity index (χ0) is 11.9. The molecule has 0 fully saturated rings. The first kappa shape index (κ1) is 11.2. The van der Waals surface area contributed by atoms with E-state index in [2.05, 4.69) is 30.9 Å². The van der Waals surface area contributed by atoms with Crippen molar-refractivity contribution in [2.75, 3.05) is 0 Å². The normalized spacial score (nSPS) is 24.6. The van der Waals surface area contributed by atoms with Crippen LogP contribution in [-0.4, -0.2) is 30.0 Å². The van der Waals surface area contributed by atoms with Crippen LogP contribution in [0.5, 0.6) is 0 Å². The highest BCUT2D eigenvalue weighted by molar-refractivity contribution is 9.12. The number of hydrogen-bond acceptors (Lipinski definition) is 3. The predicted molar refractivity (Wildman–Crippen MR) is 54.9 cm³/mol. The molecule has 2 aliphatic heterocycles. The van der Waals surface area contributed by atoms with Crippen LogP contribution in [0.25, 0.3) is 0 Å². The van der Waals surface area contributed by atoms with Crippen LogP contribution in [0.4, 0.5) is 13.2 Å². The van der Waals surface area contributed by atoms with E-state index in [1.54, 1.807) is 0 Å². The van der Waals surface area contributed by atoms with Gasteiger partial charge in [-0.3, -0.25) is 4.79 Å². The minimum atomic E-state index is -4.73. The molecule has 0 aromatic heterocycles. The predicted octanol–water partition coefficient (Wildman–Crippen LogP) is 1.87. The molecular formula is C8H3BrF3N3O. The maximum absolute atomic E-state index is 12.3. The smallest absolute Gasteiger partial charge is 0.271 e. The van der Waals surface area contributed by atoms with Crippen molar-refractivity contribution in [3.05, 3.63) is 10.6 Å². The van der Waals surface area contributed by atoms with Gasteiger partial charge in [-0.2, -0.15) is 18.2 Å². The van der Waals surface area contributed by atoms with Gasteiger partial charge in [0.25, 0.3) is 5.91 Å². The van der Waals surface area contributed by atoms with Crippen molar-refractivity contribution < 1.29 is 18.0 Å². The Kier molecular flexibility index (Phi) is 2.53. The molecule has 0 bridgehead atoms. The minimum Gasteiger partial charge on any atom is -0.271 e. The van der Waals surface area contributed by atoms with Gasteiger partial charge in [-0.05, 0) is 22.0 Å². The van der Waals surface area contributed by atoms with Crippen LogP contribution in [0.1, 0.15) is 0 Å². The molecule has 84 valence electrons. The third-order valence-corrected chi connectivity index (χ3v) is 2.35. The SMILES string of the molecule is O=C1N=C(C(F)(F)F)N=C2N=CC(Br)=CC12. The second kappa shape index (κ2) is 3.62. The lowest BCUT2D eigenvalue weighted by molar-refractivity contribution is -0.119. The summed E-state index contributed by atoms with van der Waals surface area (Å²) in [6, 6.07) is 0. The lowest BCUT2D eigenvalue weighted by Gasteiger charge is -2.18. The summed E-state index contributed by atoms with van der Waals surface area (Å²) in [6.45, 7) is 0. The average molecular weight is 294 g/mol. The molecule has 0 aromatic carbocycles. The number of amides is 1. The van der Waals surface area contributed by atoms with Gasteiger partial charge in [-0.1, -0.05) is 0 Å². The standard InChI is InChI=1S/C8H3BrF3N3O/c9-3-1-4-5(13-2-3)14-7(8(10,11)12)15-6(4)16/h1-2,4H. The molecule has 0 saturated heterocycles. The number of carbonyl (C=O) groups is 1. The molecule has 1 atom stereocenters. The molecule has 0 radical (unpaired) electrons. The fourth-order valence-electron chi connectivity index (χ4n) is 1.20. The van der Waals surface area contributed by atoms with Crippen molar-refractivity contribution in [2.45, 2.75) is 6.18 Å². The quantitative estimate of drug-likeness (QED) is 0.673. The summed E-state index contributed by atoms with van der Waals surface area (Å²) < 4.78 is 37.4. The van der Waals surface area contributed by atoms with Crippen LogP contribution in [0.2, 0.25) is 0 Å². The van der Waals surface area contributed by atoms with E-state index in [0.717, 1.165) is 0 Å². The Balaban J connectivity index is 2.42. The summed E-state index contributed by atoms with van der Waals surface area (Å²) in [5.41, 5.74) is 0. The Bertz CT molecular complexity index is 475. The van der Waals surface area contributed by atoms with E-state index < -0.39 is 23.8 Å². The summed E-state index contributed by atoms with van der Waals surface area (Å²) in [5, 5.41) is 0. The van der Waals surface area contributed by atoms with E-state index in [9.17, 15) is 18.0 Å². The Labute approximate surface area is 95.8 Å². The minimum absolute atomic E-state index is 0.185. The Morgan fingerprint density at radius 3 is 2.62 bits per heavy atom. The van der Waals surface area contributed by atoms with E-state index in [4.69, 9.17) is 0 Å². The average Bonchev–Trinajstić information content (AvgIpc) is 2.17. The van der Waals surface area contributed by atoms with Crippen molar-refractivity contribution in [1.82, 2.24) is 0 Å². The van der Waals surface area contributed by atoms with Gasteiger partial charge in [-0.15, -0.1) is 0 Å². The summed E-state index contributed by atoms with van der Waals surface area (Å²) >= 11 is 3.07. The second-order valence-corrected chi connectivity index (χ2v) is 3.94. The monoisotopic (exact) mass is 293 g/mol. The number of aliphatic imine (C=N–C) groups is 3. The number of allylic oxidation sites excluding steroid dienone is 1. The van der Waals surface area contributed by atoms with E-state index in [-0.39, 0.29) is 5.84 Å². The molecule has 2 heterocycles. The number of rotatable bonds is 0. The number of halogens is 4. The number of carbonyl (C=O) groups excluding carboxylic acids is 1. The number of fused-ring (bicyclic) bond motifs is 1. The van der Waals surface area contributed by atoms with Crippen LogP contribution in [0.15, 0.2) is 25.5 Å². The van der Waals surface area contributed by atoms with Crippen molar-refractivity contribution >= 4 is 39.7 Å². The molecule has 0 saturated carbocycles. The van der Waals surface area contributed by atoms with Gasteiger partial charge >= 0.3 is 6.18 Å². The Morgan fingerprint density at radius 2 is 2.00 bits per heavy atom. The molecule has 4 nitrogen and oxygen atoms in total.